The van der Waals surface area contributed by atoms with Crippen LogP contribution in [0.25, 0.3) is 0 Å². The molecule has 0 saturated carbocycles. The fraction of sp³-hybridized carbons (Fsp3) is 0.417. The van der Waals surface area contributed by atoms with E-state index in [0.29, 0.717) is 22.8 Å². The zero-order chi connectivity index (χ0) is 13.7. The molecule has 0 aliphatic carbocycles. The predicted molar refractivity (Wildman–Crippen MR) is 65.9 cm³/mol. The number of hydrogen-bond acceptors (Lipinski definition) is 4. The molecule has 5 nitrogen and oxygen atoms in total. The van der Waals surface area contributed by atoms with Crippen LogP contribution < -0.4 is 4.74 Å². The van der Waals surface area contributed by atoms with Crippen LogP contribution in [0.3, 0.4) is 0 Å². The highest BCUT2D eigenvalue weighted by atomic mass is 35.5. The molecule has 6 heteroatoms. The van der Waals surface area contributed by atoms with Gasteiger partial charge < -0.3 is 20.1 Å². The Morgan fingerprint density at radius 1 is 1.44 bits per heavy atom. The van der Waals surface area contributed by atoms with E-state index in [-0.39, 0.29) is 6.42 Å². The third kappa shape index (κ3) is 4.18. The van der Waals surface area contributed by atoms with Gasteiger partial charge in [-0.25, -0.2) is 4.79 Å². The van der Waals surface area contributed by atoms with Crippen molar-refractivity contribution in [2.24, 2.45) is 0 Å². The largest absolute Gasteiger partial charge is 0.482 e. The Balaban J connectivity index is 2.88. The molecule has 3 N–H and O–H groups in total. The van der Waals surface area contributed by atoms with Gasteiger partial charge in [0.2, 0.25) is 0 Å². The van der Waals surface area contributed by atoms with Crippen LogP contribution in [-0.2, 0) is 11.2 Å². The van der Waals surface area contributed by atoms with E-state index in [1.54, 1.807) is 19.1 Å². The Kier molecular flexibility index (Phi) is 5.40. The number of benzene rings is 1. The molecule has 0 aliphatic heterocycles. The lowest BCUT2D eigenvalue weighted by Crippen LogP contribution is -2.11. The zero-order valence-corrected chi connectivity index (χ0v) is 10.6. The van der Waals surface area contributed by atoms with Crippen molar-refractivity contribution in [1.29, 1.82) is 0 Å². The maximum Gasteiger partial charge on any atom is 0.341 e. The minimum absolute atomic E-state index is 0.156. The van der Waals surface area contributed by atoms with Crippen LogP contribution >= 0.6 is 11.6 Å². The fourth-order valence-electron chi connectivity index (χ4n) is 1.58. The smallest absolute Gasteiger partial charge is 0.341 e. The highest BCUT2D eigenvalue weighted by molar-refractivity contribution is 6.31. The van der Waals surface area contributed by atoms with E-state index >= 15 is 0 Å². The summed E-state index contributed by atoms with van der Waals surface area (Å²) in [5, 5.41) is 26.7. The predicted octanol–water partition coefficient (Wildman–Crippen LogP) is 1.36. The Hall–Kier alpha value is -1.30. The Labute approximate surface area is 110 Å². The topological polar surface area (TPSA) is 87.0 Å². The van der Waals surface area contributed by atoms with Gasteiger partial charge in [0.15, 0.2) is 12.9 Å². The van der Waals surface area contributed by atoms with Gasteiger partial charge in [-0.2, -0.15) is 0 Å². The molecular weight excluding hydrogens is 260 g/mol. The van der Waals surface area contributed by atoms with Crippen molar-refractivity contribution >= 4 is 17.6 Å². The normalized spacial score (nSPS) is 10.7. The van der Waals surface area contributed by atoms with E-state index in [9.17, 15) is 4.79 Å². The van der Waals surface area contributed by atoms with E-state index in [0.717, 1.165) is 5.56 Å². The molecule has 0 spiro atoms. The van der Waals surface area contributed by atoms with Crippen molar-refractivity contribution in [1.82, 2.24) is 0 Å². The molecule has 0 saturated heterocycles. The molecular formula is C12H15ClO5. The second-order valence-corrected chi connectivity index (χ2v) is 4.26. The SMILES string of the molecule is Cc1c(OCC(=O)O)ccc(Cl)c1CCC(O)O. The number of hydrogen-bond donors (Lipinski definition) is 3. The molecule has 0 heterocycles. The Morgan fingerprint density at radius 3 is 2.67 bits per heavy atom. The maximum absolute atomic E-state index is 10.4. The van der Waals surface area contributed by atoms with Crippen molar-refractivity contribution in [3.8, 4) is 5.75 Å². The molecule has 0 radical (unpaired) electrons. The number of aliphatic hydroxyl groups is 2. The lowest BCUT2D eigenvalue weighted by Gasteiger charge is -2.13. The van der Waals surface area contributed by atoms with E-state index in [2.05, 4.69) is 0 Å². The lowest BCUT2D eigenvalue weighted by molar-refractivity contribution is -0.139. The van der Waals surface area contributed by atoms with Gasteiger partial charge in [0.05, 0.1) is 0 Å². The summed E-state index contributed by atoms with van der Waals surface area (Å²) >= 11 is 6.01. The first-order valence-corrected chi connectivity index (χ1v) is 5.78. The van der Waals surface area contributed by atoms with Crippen LogP contribution in [0, 0.1) is 6.92 Å². The molecule has 0 atom stereocenters. The number of rotatable bonds is 6. The minimum Gasteiger partial charge on any atom is -0.482 e. The number of carboxylic acids is 1. The third-order valence-electron chi connectivity index (χ3n) is 2.50. The summed E-state index contributed by atoms with van der Waals surface area (Å²) in [5.41, 5.74) is 1.44. The van der Waals surface area contributed by atoms with Crippen LogP contribution in [0.1, 0.15) is 17.5 Å². The summed E-state index contributed by atoms with van der Waals surface area (Å²) in [6, 6.07) is 3.20. The van der Waals surface area contributed by atoms with Crippen molar-refractivity contribution in [3.05, 3.63) is 28.3 Å². The van der Waals surface area contributed by atoms with Gasteiger partial charge in [-0.05, 0) is 36.6 Å². The zero-order valence-electron chi connectivity index (χ0n) is 9.89. The number of carbonyl (C=O) groups is 1. The van der Waals surface area contributed by atoms with Gasteiger partial charge in [0.1, 0.15) is 5.75 Å². The molecule has 0 aliphatic rings. The third-order valence-corrected chi connectivity index (χ3v) is 2.85. The standard InChI is InChI=1S/C12H15ClO5/c1-7-8(2-5-11(14)15)9(13)3-4-10(7)18-6-12(16)17/h3-4,11,14-15H,2,5-6H2,1H3,(H,16,17). The summed E-state index contributed by atoms with van der Waals surface area (Å²) in [5.74, 6) is -0.624. The van der Waals surface area contributed by atoms with Crippen LogP contribution in [0.5, 0.6) is 5.75 Å². The maximum atomic E-state index is 10.4. The lowest BCUT2D eigenvalue weighted by atomic mass is 10.0. The van der Waals surface area contributed by atoms with Gasteiger partial charge in [-0.15, -0.1) is 0 Å². The van der Waals surface area contributed by atoms with Crippen LogP contribution in [0.2, 0.25) is 5.02 Å². The average Bonchev–Trinajstić information content (AvgIpc) is 2.27. The Bertz CT molecular complexity index is 431. The van der Waals surface area contributed by atoms with E-state index in [1.807, 2.05) is 0 Å². The Morgan fingerprint density at radius 2 is 2.11 bits per heavy atom. The average molecular weight is 275 g/mol. The number of aliphatic hydroxyl groups excluding tert-OH is 1. The summed E-state index contributed by atoms with van der Waals surface area (Å²) in [7, 11) is 0. The van der Waals surface area contributed by atoms with E-state index in [4.69, 9.17) is 31.7 Å². The first kappa shape index (κ1) is 14.8. The molecule has 100 valence electrons. The second-order valence-electron chi connectivity index (χ2n) is 3.85. The van der Waals surface area contributed by atoms with Crippen LogP contribution in [-0.4, -0.2) is 34.2 Å². The van der Waals surface area contributed by atoms with Gasteiger partial charge in [0.25, 0.3) is 0 Å². The van der Waals surface area contributed by atoms with Crippen molar-refractivity contribution in [3.63, 3.8) is 0 Å². The summed E-state index contributed by atoms with van der Waals surface area (Å²) in [4.78, 5) is 10.4. The summed E-state index contributed by atoms with van der Waals surface area (Å²) in [6.45, 7) is 1.33. The highest BCUT2D eigenvalue weighted by Gasteiger charge is 2.12. The van der Waals surface area contributed by atoms with Gasteiger partial charge >= 0.3 is 5.97 Å². The van der Waals surface area contributed by atoms with Crippen molar-refractivity contribution in [2.75, 3.05) is 6.61 Å². The first-order chi connectivity index (χ1) is 8.41. The van der Waals surface area contributed by atoms with E-state index in [1.165, 1.54) is 0 Å². The number of halogens is 1. The molecule has 1 rings (SSSR count). The van der Waals surface area contributed by atoms with Crippen LogP contribution in [0.15, 0.2) is 12.1 Å². The number of ether oxygens (including phenoxy) is 1. The minimum atomic E-state index is -1.40. The molecule has 0 amide bonds. The number of carboxylic acid groups (broad SMARTS) is 1. The molecule has 18 heavy (non-hydrogen) atoms. The quantitative estimate of drug-likeness (QED) is 0.682. The van der Waals surface area contributed by atoms with Crippen molar-refractivity contribution in [2.45, 2.75) is 26.1 Å². The second kappa shape index (κ2) is 6.58. The van der Waals surface area contributed by atoms with E-state index < -0.39 is 18.9 Å². The monoisotopic (exact) mass is 274 g/mol. The fourth-order valence-corrected chi connectivity index (χ4v) is 1.88. The summed E-state index contributed by atoms with van der Waals surface area (Å²) in [6.07, 6.45) is -0.862. The van der Waals surface area contributed by atoms with Gasteiger partial charge in [0, 0.05) is 11.4 Å². The van der Waals surface area contributed by atoms with Gasteiger partial charge in [-0.1, -0.05) is 11.6 Å². The molecule has 1 aromatic rings. The molecule has 0 unspecified atom stereocenters. The highest BCUT2D eigenvalue weighted by Crippen LogP contribution is 2.29. The van der Waals surface area contributed by atoms with Crippen LogP contribution in [0.4, 0.5) is 0 Å². The number of aliphatic carboxylic acids is 1. The first-order valence-electron chi connectivity index (χ1n) is 5.40. The summed E-state index contributed by atoms with van der Waals surface area (Å²) < 4.78 is 5.12. The molecule has 0 aromatic heterocycles. The molecule has 0 fully saturated rings. The van der Waals surface area contributed by atoms with Crippen molar-refractivity contribution < 1.29 is 24.9 Å². The van der Waals surface area contributed by atoms with Gasteiger partial charge in [-0.3, -0.25) is 0 Å². The molecule has 1 aromatic carbocycles. The molecule has 0 bridgehead atoms.